The lowest BCUT2D eigenvalue weighted by molar-refractivity contribution is 0.139. The Labute approximate surface area is 107 Å². The summed E-state index contributed by atoms with van der Waals surface area (Å²) in [5.41, 5.74) is 0. The van der Waals surface area contributed by atoms with Crippen molar-refractivity contribution >= 4 is 0 Å². The van der Waals surface area contributed by atoms with Gasteiger partial charge >= 0.3 is 0 Å². The average Bonchev–Trinajstić information content (AvgIpc) is 3.00. The van der Waals surface area contributed by atoms with Crippen molar-refractivity contribution in [3.05, 3.63) is 0 Å². The minimum Gasteiger partial charge on any atom is -0.312 e. The summed E-state index contributed by atoms with van der Waals surface area (Å²) in [6, 6.07) is 2.50. The van der Waals surface area contributed by atoms with Crippen molar-refractivity contribution in [1.82, 2.24) is 10.2 Å². The van der Waals surface area contributed by atoms with Gasteiger partial charge in [0.05, 0.1) is 0 Å². The minimum atomic E-state index is 0.799. The molecule has 0 saturated carbocycles. The molecule has 17 heavy (non-hydrogen) atoms. The highest BCUT2D eigenvalue weighted by Crippen LogP contribution is 2.29. The summed E-state index contributed by atoms with van der Waals surface area (Å²) in [4.78, 5) is 2.85. The van der Waals surface area contributed by atoms with Gasteiger partial charge in [-0.3, -0.25) is 4.90 Å². The van der Waals surface area contributed by atoms with Gasteiger partial charge < -0.3 is 5.32 Å². The lowest BCUT2D eigenvalue weighted by Crippen LogP contribution is -2.48. The molecule has 0 amide bonds. The summed E-state index contributed by atoms with van der Waals surface area (Å²) < 4.78 is 0. The molecule has 2 fully saturated rings. The van der Waals surface area contributed by atoms with E-state index in [4.69, 9.17) is 0 Å². The standard InChI is InChI=1S/C15H30N2/c1-3-5-8-13(4-2)17-12-7-10-15(17)14-9-6-11-16-14/h13-16H,3-12H2,1-2H3. The van der Waals surface area contributed by atoms with Crippen molar-refractivity contribution in [2.45, 2.75) is 83.3 Å². The van der Waals surface area contributed by atoms with E-state index in [0.29, 0.717) is 0 Å². The van der Waals surface area contributed by atoms with E-state index in [9.17, 15) is 0 Å². The van der Waals surface area contributed by atoms with Crippen LogP contribution in [0.5, 0.6) is 0 Å². The maximum absolute atomic E-state index is 3.72. The van der Waals surface area contributed by atoms with Gasteiger partial charge in [0.1, 0.15) is 0 Å². The third kappa shape index (κ3) is 3.23. The highest BCUT2D eigenvalue weighted by Gasteiger charge is 2.35. The summed E-state index contributed by atoms with van der Waals surface area (Å²) in [5, 5.41) is 3.72. The van der Waals surface area contributed by atoms with Gasteiger partial charge in [0.15, 0.2) is 0 Å². The number of likely N-dealkylation sites (tertiary alicyclic amines) is 1. The van der Waals surface area contributed by atoms with E-state index in [1.165, 1.54) is 64.5 Å². The van der Waals surface area contributed by atoms with Crippen molar-refractivity contribution in [2.75, 3.05) is 13.1 Å². The number of nitrogens with one attached hydrogen (secondary N) is 1. The molecular formula is C15H30N2. The number of nitrogens with zero attached hydrogens (tertiary/aromatic N) is 1. The van der Waals surface area contributed by atoms with Gasteiger partial charge in [-0.1, -0.05) is 26.7 Å². The predicted octanol–water partition coefficient (Wildman–Crippen LogP) is 3.17. The minimum absolute atomic E-state index is 0.799. The Balaban J connectivity index is 1.91. The van der Waals surface area contributed by atoms with E-state index < -0.39 is 0 Å². The second kappa shape index (κ2) is 6.75. The number of hydrogen-bond donors (Lipinski definition) is 1. The van der Waals surface area contributed by atoms with Crippen LogP contribution < -0.4 is 5.32 Å². The van der Waals surface area contributed by atoms with Crippen molar-refractivity contribution in [1.29, 1.82) is 0 Å². The van der Waals surface area contributed by atoms with Crippen molar-refractivity contribution in [3.63, 3.8) is 0 Å². The molecule has 0 aliphatic carbocycles. The van der Waals surface area contributed by atoms with Crippen LogP contribution in [0.25, 0.3) is 0 Å². The molecule has 1 N–H and O–H groups in total. The molecule has 2 heteroatoms. The SMILES string of the molecule is CCCCC(CC)N1CCCC1C1CCCN1. The summed E-state index contributed by atoms with van der Waals surface area (Å²) >= 11 is 0. The third-order valence-corrected chi connectivity index (χ3v) is 4.74. The summed E-state index contributed by atoms with van der Waals surface area (Å²) in [6.07, 6.45) is 11.1. The van der Waals surface area contributed by atoms with Gasteiger partial charge in [0.25, 0.3) is 0 Å². The predicted molar refractivity (Wildman–Crippen MR) is 74.4 cm³/mol. The van der Waals surface area contributed by atoms with Crippen molar-refractivity contribution in [3.8, 4) is 0 Å². The first-order chi connectivity index (χ1) is 8.36. The molecule has 2 nitrogen and oxygen atoms in total. The Morgan fingerprint density at radius 2 is 2.12 bits per heavy atom. The zero-order chi connectivity index (χ0) is 12.1. The second-order valence-corrected chi connectivity index (χ2v) is 5.85. The van der Waals surface area contributed by atoms with Gasteiger partial charge in [-0.05, 0) is 51.6 Å². The Kier molecular flexibility index (Phi) is 5.30. The fourth-order valence-corrected chi connectivity index (χ4v) is 3.78. The molecule has 0 radical (unpaired) electrons. The van der Waals surface area contributed by atoms with Crippen LogP contribution in [0.15, 0.2) is 0 Å². The van der Waals surface area contributed by atoms with Crippen LogP contribution >= 0.6 is 0 Å². The van der Waals surface area contributed by atoms with Gasteiger partial charge in [-0.25, -0.2) is 0 Å². The lowest BCUT2D eigenvalue weighted by atomic mass is 10.00. The van der Waals surface area contributed by atoms with E-state index in [1.807, 2.05) is 0 Å². The summed E-state index contributed by atoms with van der Waals surface area (Å²) in [5.74, 6) is 0. The van der Waals surface area contributed by atoms with Gasteiger partial charge in [0.2, 0.25) is 0 Å². The van der Waals surface area contributed by atoms with Crippen LogP contribution in [0.2, 0.25) is 0 Å². The molecule has 0 spiro atoms. The third-order valence-electron chi connectivity index (χ3n) is 4.74. The first-order valence-corrected chi connectivity index (χ1v) is 7.86. The van der Waals surface area contributed by atoms with E-state index in [2.05, 4.69) is 24.1 Å². The number of unbranched alkanes of at least 4 members (excludes halogenated alkanes) is 1. The molecule has 0 bridgehead atoms. The largest absolute Gasteiger partial charge is 0.312 e. The maximum atomic E-state index is 3.72. The van der Waals surface area contributed by atoms with Gasteiger partial charge in [-0.2, -0.15) is 0 Å². The molecule has 3 unspecified atom stereocenters. The molecule has 3 atom stereocenters. The number of rotatable bonds is 6. The van der Waals surface area contributed by atoms with Crippen LogP contribution in [-0.2, 0) is 0 Å². The normalized spacial score (nSPS) is 32.1. The molecule has 0 aromatic carbocycles. The molecule has 2 rings (SSSR count). The molecule has 2 saturated heterocycles. The molecule has 0 aromatic heterocycles. The monoisotopic (exact) mass is 238 g/mol. The molecule has 2 heterocycles. The lowest BCUT2D eigenvalue weighted by Gasteiger charge is -2.36. The van der Waals surface area contributed by atoms with E-state index in [-0.39, 0.29) is 0 Å². The average molecular weight is 238 g/mol. The van der Waals surface area contributed by atoms with Gasteiger partial charge in [-0.15, -0.1) is 0 Å². The Morgan fingerprint density at radius 3 is 2.76 bits per heavy atom. The fourth-order valence-electron chi connectivity index (χ4n) is 3.78. The highest BCUT2D eigenvalue weighted by molar-refractivity contribution is 4.94. The summed E-state index contributed by atoms with van der Waals surface area (Å²) in [6.45, 7) is 7.29. The summed E-state index contributed by atoms with van der Waals surface area (Å²) in [7, 11) is 0. The van der Waals surface area contributed by atoms with E-state index in [0.717, 1.165) is 18.1 Å². The molecule has 2 aliphatic rings. The quantitative estimate of drug-likeness (QED) is 0.764. The first-order valence-electron chi connectivity index (χ1n) is 7.86. The van der Waals surface area contributed by atoms with Crippen LogP contribution in [0.3, 0.4) is 0 Å². The Hall–Kier alpha value is -0.0800. The molecule has 0 aromatic rings. The molecule has 2 aliphatic heterocycles. The van der Waals surface area contributed by atoms with Crippen molar-refractivity contribution < 1.29 is 0 Å². The molecular weight excluding hydrogens is 208 g/mol. The van der Waals surface area contributed by atoms with E-state index >= 15 is 0 Å². The molecule has 100 valence electrons. The van der Waals surface area contributed by atoms with E-state index in [1.54, 1.807) is 0 Å². The van der Waals surface area contributed by atoms with Crippen LogP contribution in [0, 0.1) is 0 Å². The second-order valence-electron chi connectivity index (χ2n) is 5.85. The highest BCUT2D eigenvalue weighted by atomic mass is 15.2. The van der Waals surface area contributed by atoms with Crippen molar-refractivity contribution in [2.24, 2.45) is 0 Å². The number of hydrogen-bond acceptors (Lipinski definition) is 2. The maximum Gasteiger partial charge on any atom is 0.0252 e. The van der Waals surface area contributed by atoms with Crippen LogP contribution in [0.1, 0.15) is 65.2 Å². The Bertz CT molecular complexity index is 211. The topological polar surface area (TPSA) is 15.3 Å². The Morgan fingerprint density at radius 1 is 1.24 bits per heavy atom. The van der Waals surface area contributed by atoms with Gasteiger partial charge in [0, 0.05) is 18.1 Å². The first kappa shape index (κ1) is 13.4. The smallest absolute Gasteiger partial charge is 0.0252 e. The van der Waals surface area contributed by atoms with Crippen LogP contribution in [-0.4, -0.2) is 36.1 Å². The van der Waals surface area contributed by atoms with Crippen LogP contribution in [0.4, 0.5) is 0 Å². The fraction of sp³-hybridized carbons (Fsp3) is 1.00. The zero-order valence-electron chi connectivity index (χ0n) is 11.8. The zero-order valence-corrected chi connectivity index (χ0v) is 11.8.